The molecule has 1 saturated carbocycles. The van der Waals surface area contributed by atoms with E-state index in [1.165, 1.54) is 0 Å². The summed E-state index contributed by atoms with van der Waals surface area (Å²) < 4.78 is 5.81. The van der Waals surface area contributed by atoms with E-state index in [9.17, 15) is 4.79 Å². The number of carbonyl (C=O) groups is 1. The molecule has 1 unspecified atom stereocenters. The molecule has 0 spiro atoms. The van der Waals surface area contributed by atoms with E-state index >= 15 is 0 Å². The average molecular weight is 269 g/mol. The van der Waals surface area contributed by atoms with Crippen LogP contribution in [0, 0.1) is 0 Å². The number of Topliss-reactive ketones (excluding diaryl/α,β-unsaturated/α-hetero) is 1. The average Bonchev–Trinajstić information content (AvgIpc) is 2.28. The molecule has 1 aromatic carbocycles. The minimum atomic E-state index is -0.137. The van der Waals surface area contributed by atoms with Gasteiger partial charge in [-0.15, -0.1) is 0 Å². The molecule has 3 rings (SSSR count). The summed E-state index contributed by atoms with van der Waals surface area (Å²) in [5, 5.41) is 1.05. The number of ketones is 1. The minimum Gasteiger partial charge on any atom is -0.483 e. The van der Waals surface area contributed by atoms with Crippen LogP contribution in [-0.2, 0) is 4.79 Å². The third-order valence-corrected chi connectivity index (χ3v) is 3.65. The molecule has 4 heteroatoms. The lowest BCUT2D eigenvalue weighted by atomic mass is 9.87. The standard InChI is InChI=1S/C13H10Cl2O2/c14-8-4-7-5-9-11(16)2-1-3-12(9)17-13(7)10(15)6-8/h4-6,12H,1-3H2. The second-order valence-electron chi connectivity index (χ2n) is 4.33. The van der Waals surface area contributed by atoms with Crippen molar-refractivity contribution in [3.05, 3.63) is 33.3 Å². The third kappa shape index (κ3) is 1.85. The van der Waals surface area contributed by atoms with Gasteiger partial charge in [0.1, 0.15) is 11.9 Å². The number of carbonyl (C=O) groups excluding carboxylic acids is 1. The largest absolute Gasteiger partial charge is 0.483 e. The molecule has 1 aliphatic carbocycles. The summed E-state index contributed by atoms with van der Waals surface area (Å²) in [7, 11) is 0. The Balaban J connectivity index is 2.14. The van der Waals surface area contributed by atoms with Crippen molar-refractivity contribution in [2.75, 3.05) is 0 Å². The molecular formula is C13H10Cl2O2. The van der Waals surface area contributed by atoms with E-state index < -0.39 is 0 Å². The van der Waals surface area contributed by atoms with Gasteiger partial charge in [0, 0.05) is 22.6 Å². The van der Waals surface area contributed by atoms with Crippen LogP contribution in [0.4, 0.5) is 0 Å². The number of ether oxygens (including phenoxy) is 1. The molecule has 1 heterocycles. The van der Waals surface area contributed by atoms with Crippen molar-refractivity contribution in [2.24, 2.45) is 0 Å². The second kappa shape index (κ2) is 4.04. The van der Waals surface area contributed by atoms with Crippen molar-refractivity contribution in [1.82, 2.24) is 0 Å². The van der Waals surface area contributed by atoms with Gasteiger partial charge in [0.05, 0.1) is 5.02 Å². The van der Waals surface area contributed by atoms with Gasteiger partial charge in [0.25, 0.3) is 0 Å². The summed E-state index contributed by atoms with van der Waals surface area (Å²) in [5.41, 5.74) is 1.55. The van der Waals surface area contributed by atoms with E-state index in [1.54, 1.807) is 12.1 Å². The number of hydrogen-bond donors (Lipinski definition) is 0. The van der Waals surface area contributed by atoms with Crippen molar-refractivity contribution >= 4 is 35.1 Å². The SMILES string of the molecule is O=C1CCCC2Oc3c(Cl)cc(Cl)cc3C=C12. The molecule has 2 nitrogen and oxygen atoms in total. The van der Waals surface area contributed by atoms with Gasteiger partial charge in [-0.2, -0.15) is 0 Å². The highest BCUT2D eigenvalue weighted by atomic mass is 35.5. The smallest absolute Gasteiger partial charge is 0.162 e. The van der Waals surface area contributed by atoms with Gasteiger partial charge in [0.15, 0.2) is 5.78 Å². The first-order valence-electron chi connectivity index (χ1n) is 5.55. The van der Waals surface area contributed by atoms with E-state index in [-0.39, 0.29) is 11.9 Å². The fourth-order valence-corrected chi connectivity index (χ4v) is 2.90. The second-order valence-corrected chi connectivity index (χ2v) is 5.17. The van der Waals surface area contributed by atoms with Crippen LogP contribution in [0.5, 0.6) is 5.75 Å². The molecule has 1 aliphatic heterocycles. The van der Waals surface area contributed by atoms with Crippen molar-refractivity contribution in [3.8, 4) is 5.75 Å². The summed E-state index contributed by atoms with van der Waals surface area (Å²) in [5.74, 6) is 0.808. The van der Waals surface area contributed by atoms with Crippen molar-refractivity contribution in [1.29, 1.82) is 0 Å². The zero-order chi connectivity index (χ0) is 12.0. The Morgan fingerprint density at radius 2 is 2.12 bits per heavy atom. The van der Waals surface area contributed by atoms with Crippen LogP contribution in [0.2, 0.25) is 10.0 Å². The van der Waals surface area contributed by atoms with Crippen LogP contribution in [-0.4, -0.2) is 11.9 Å². The molecular weight excluding hydrogens is 259 g/mol. The first-order chi connectivity index (χ1) is 8.15. The molecule has 0 aromatic heterocycles. The van der Waals surface area contributed by atoms with Gasteiger partial charge in [-0.05, 0) is 31.1 Å². The van der Waals surface area contributed by atoms with Gasteiger partial charge in [-0.3, -0.25) is 4.79 Å². The van der Waals surface area contributed by atoms with Crippen LogP contribution < -0.4 is 4.74 Å². The maximum absolute atomic E-state index is 11.8. The first kappa shape index (κ1) is 11.1. The van der Waals surface area contributed by atoms with Crippen molar-refractivity contribution in [2.45, 2.75) is 25.4 Å². The van der Waals surface area contributed by atoms with Crippen LogP contribution >= 0.6 is 23.2 Å². The molecule has 1 atom stereocenters. The van der Waals surface area contributed by atoms with Gasteiger partial charge in [-0.25, -0.2) is 0 Å². The molecule has 0 saturated heterocycles. The zero-order valence-corrected chi connectivity index (χ0v) is 10.5. The molecule has 1 aromatic rings. The van der Waals surface area contributed by atoms with E-state index in [1.807, 2.05) is 6.08 Å². The van der Waals surface area contributed by atoms with E-state index in [4.69, 9.17) is 27.9 Å². The molecule has 0 bridgehead atoms. The van der Waals surface area contributed by atoms with Gasteiger partial charge < -0.3 is 4.74 Å². The Morgan fingerprint density at radius 3 is 2.94 bits per heavy atom. The summed E-state index contributed by atoms with van der Waals surface area (Å²) in [6.45, 7) is 0. The van der Waals surface area contributed by atoms with E-state index in [2.05, 4.69) is 0 Å². The maximum atomic E-state index is 11.8. The highest BCUT2D eigenvalue weighted by molar-refractivity contribution is 6.36. The fourth-order valence-electron chi connectivity index (χ4n) is 2.34. The Bertz CT molecular complexity index is 534. The number of fused-ring (bicyclic) bond motifs is 2. The molecule has 0 radical (unpaired) electrons. The predicted octanol–water partition coefficient (Wildman–Crippen LogP) is 3.89. The Labute approximate surface area is 109 Å². The quantitative estimate of drug-likeness (QED) is 0.714. The number of rotatable bonds is 0. The topological polar surface area (TPSA) is 26.3 Å². The minimum absolute atomic E-state index is 0.137. The molecule has 0 amide bonds. The lowest BCUT2D eigenvalue weighted by Gasteiger charge is -2.30. The Morgan fingerprint density at radius 1 is 1.29 bits per heavy atom. The summed E-state index contributed by atoms with van der Waals surface area (Å²) in [6, 6.07) is 3.43. The van der Waals surface area contributed by atoms with Gasteiger partial charge >= 0.3 is 0 Å². The number of hydrogen-bond acceptors (Lipinski definition) is 2. The zero-order valence-electron chi connectivity index (χ0n) is 9.00. The van der Waals surface area contributed by atoms with Crippen LogP contribution in [0.3, 0.4) is 0 Å². The van der Waals surface area contributed by atoms with Gasteiger partial charge in [0.2, 0.25) is 0 Å². The highest BCUT2D eigenvalue weighted by Crippen LogP contribution is 2.40. The number of halogens is 2. The molecule has 0 N–H and O–H groups in total. The van der Waals surface area contributed by atoms with E-state index in [0.717, 1.165) is 24.0 Å². The van der Waals surface area contributed by atoms with Crippen LogP contribution in [0.15, 0.2) is 17.7 Å². The lowest BCUT2D eigenvalue weighted by molar-refractivity contribution is -0.117. The predicted molar refractivity (Wildman–Crippen MR) is 67.7 cm³/mol. The fraction of sp³-hybridized carbons (Fsp3) is 0.308. The van der Waals surface area contributed by atoms with Crippen molar-refractivity contribution in [3.63, 3.8) is 0 Å². The Kier molecular flexibility index (Phi) is 2.64. The molecule has 88 valence electrons. The third-order valence-electron chi connectivity index (χ3n) is 3.15. The monoisotopic (exact) mass is 268 g/mol. The van der Waals surface area contributed by atoms with Crippen LogP contribution in [0.1, 0.15) is 24.8 Å². The highest BCUT2D eigenvalue weighted by Gasteiger charge is 2.31. The normalized spacial score (nSPS) is 22.4. The molecule has 17 heavy (non-hydrogen) atoms. The molecule has 1 fully saturated rings. The maximum Gasteiger partial charge on any atom is 0.162 e. The summed E-state index contributed by atoms with van der Waals surface area (Å²) >= 11 is 12.0. The lowest BCUT2D eigenvalue weighted by Crippen LogP contribution is -2.31. The Hall–Kier alpha value is -0.990. The van der Waals surface area contributed by atoms with Crippen LogP contribution in [0.25, 0.3) is 6.08 Å². The number of benzene rings is 1. The molecule has 2 aliphatic rings. The van der Waals surface area contributed by atoms with E-state index in [0.29, 0.717) is 22.2 Å². The van der Waals surface area contributed by atoms with Gasteiger partial charge in [-0.1, -0.05) is 23.2 Å². The van der Waals surface area contributed by atoms with Crippen molar-refractivity contribution < 1.29 is 9.53 Å². The summed E-state index contributed by atoms with van der Waals surface area (Å²) in [6.07, 6.45) is 4.08. The first-order valence-corrected chi connectivity index (χ1v) is 6.31. The summed E-state index contributed by atoms with van der Waals surface area (Å²) in [4.78, 5) is 11.8.